The van der Waals surface area contributed by atoms with Crippen molar-refractivity contribution in [2.45, 2.75) is 20.1 Å². The molecule has 2 amide bonds. The van der Waals surface area contributed by atoms with E-state index >= 15 is 0 Å². The zero-order valence-corrected chi connectivity index (χ0v) is 14.6. The Bertz CT molecular complexity index is 739. The molecule has 0 fully saturated rings. The van der Waals surface area contributed by atoms with E-state index in [4.69, 9.17) is 13.9 Å². The number of carbonyl (C=O) groups excluding carboxylic acids is 2. The molecule has 8 nitrogen and oxygen atoms in total. The Balaban J connectivity index is 1.67. The summed E-state index contributed by atoms with van der Waals surface area (Å²) < 4.78 is 15.2. The maximum absolute atomic E-state index is 11.7. The van der Waals surface area contributed by atoms with Crippen molar-refractivity contribution in [3.63, 3.8) is 0 Å². The van der Waals surface area contributed by atoms with E-state index < -0.39 is 6.09 Å². The Morgan fingerprint density at radius 3 is 2.58 bits per heavy atom. The molecule has 0 aliphatic carbocycles. The SMILES string of the molecule is COc1ccc(COC(=O)NN/C(C)=C/C(=O)NCc2ccco2)cc1. The maximum atomic E-state index is 11.7. The molecule has 0 bridgehead atoms. The van der Waals surface area contributed by atoms with Crippen molar-refractivity contribution in [3.8, 4) is 5.75 Å². The summed E-state index contributed by atoms with van der Waals surface area (Å²) in [5.41, 5.74) is 6.21. The van der Waals surface area contributed by atoms with Gasteiger partial charge in [0.1, 0.15) is 18.1 Å². The third-order valence-corrected chi connectivity index (χ3v) is 3.26. The number of benzene rings is 1. The first-order chi connectivity index (χ1) is 12.6. The van der Waals surface area contributed by atoms with Crippen molar-refractivity contribution < 1.29 is 23.5 Å². The van der Waals surface area contributed by atoms with E-state index in [0.29, 0.717) is 11.5 Å². The average Bonchev–Trinajstić information content (AvgIpc) is 3.17. The molecule has 1 aromatic heterocycles. The van der Waals surface area contributed by atoms with E-state index in [-0.39, 0.29) is 19.1 Å². The van der Waals surface area contributed by atoms with Crippen LogP contribution in [0, 0.1) is 0 Å². The van der Waals surface area contributed by atoms with Gasteiger partial charge in [-0.25, -0.2) is 10.2 Å². The number of rotatable bonds is 8. The molecule has 138 valence electrons. The van der Waals surface area contributed by atoms with Crippen molar-refractivity contribution in [1.82, 2.24) is 16.2 Å². The fourth-order valence-corrected chi connectivity index (χ4v) is 1.93. The smallest absolute Gasteiger partial charge is 0.426 e. The van der Waals surface area contributed by atoms with Crippen LogP contribution in [0.3, 0.4) is 0 Å². The number of hydrogen-bond acceptors (Lipinski definition) is 6. The lowest BCUT2D eigenvalue weighted by Crippen LogP contribution is -2.37. The maximum Gasteiger partial charge on any atom is 0.426 e. The van der Waals surface area contributed by atoms with E-state index in [1.54, 1.807) is 50.4 Å². The zero-order chi connectivity index (χ0) is 18.8. The zero-order valence-electron chi connectivity index (χ0n) is 14.6. The minimum absolute atomic E-state index is 0.115. The number of amides is 2. The number of nitrogens with one attached hydrogen (secondary N) is 3. The molecule has 0 saturated heterocycles. The van der Waals surface area contributed by atoms with Gasteiger partial charge in [0.2, 0.25) is 5.91 Å². The van der Waals surface area contributed by atoms with Crippen LogP contribution < -0.4 is 20.9 Å². The van der Waals surface area contributed by atoms with Gasteiger partial charge in [-0.05, 0) is 36.8 Å². The summed E-state index contributed by atoms with van der Waals surface area (Å²) >= 11 is 0. The number of allylic oxidation sites excluding steroid dienone is 1. The lowest BCUT2D eigenvalue weighted by atomic mass is 10.2. The van der Waals surface area contributed by atoms with Crippen LogP contribution in [0.2, 0.25) is 0 Å². The molecule has 3 N–H and O–H groups in total. The van der Waals surface area contributed by atoms with Gasteiger partial charge in [-0.3, -0.25) is 4.79 Å². The summed E-state index contributed by atoms with van der Waals surface area (Å²) in [5.74, 6) is 1.06. The lowest BCUT2D eigenvalue weighted by Gasteiger charge is -2.10. The van der Waals surface area contributed by atoms with Crippen molar-refractivity contribution in [1.29, 1.82) is 0 Å². The minimum Gasteiger partial charge on any atom is -0.497 e. The molecule has 0 unspecified atom stereocenters. The molecule has 0 spiro atoms. The molecular formula is C18H21N3O5. The number of methoxy groups -OCH3 is 1. The summed E-state index contributed by atoms with van der Waals surface area (Å²) in [7, 11) is 1.58. The highest BCUT2D eigenvalue weighted by Gasteiger charge is 2.04. The normalized spacial score (nSPS) is 10.8. The average molecular weight is 359 g/mol. The van der Waals surface area contributed by atoms with Gasteiger partial charge in [-0.15, -0.1) is 0 Å². The van der Waals surface area contributed by atoms with Crippen LogP contribution in [0.5, 0.6) is 5.75 Å². The van der Waals surface area contributed by atoms with Gasteiger partial charge in [0, 0.05) is 11.8 Å². The van der Waals surface area contributed by atoms with Gasteiger partial charge in [0.05, 0.1) is 19.9 Å². The van der Waals surface area contributed by atoms with Gasteiger partial charge in [0.15, 0.2) is 0 Å². The second-order valence-corrected chi connectivity index (χ2v) is 5.30. The highest BCUT2D eigenvalue weighted by atomic mass is 16.6. The number of hydrogen-bond donors (Lipinski definition) is 3. The topological polar surface area (TPSA) is 102 Å². The first-order valence-corrected chi connectivity index (χ1v) is 7.87. The van der Waals surface area contributed by atoms with E-state index in [0.717, 1.165) is 11.3 Å². The molecule has 8 heteroatoms. The van der Waals surface area contributed by atoms with Gasteiger partial charge >= 0.3 is 6.09 Å². The second-order valence-electron chi connectivity index (χ2n) is 5.30. The van der Waals surface area contributed by atoms with Crippen LogP contribution >= 0.6 is 0 Å². The highest BCUT2D eigenvalue weighted by molar-refractivity contribution is 5.88. The van der Waals surface area contributed by atoms with Crippen molar-refractivity contribution in [2.24, 2.45) is 0 Å². The van der Waals surface area contributed by atoms with E-state index in [1.165, 1.54) is 12.3 Å². The quantitative estimate of drug-likeness (QED) is 0.493. The van der Waals surface area contributed by atoms with Crippen LogP contribution in [0.1, 0.15) is 18.2 Å². The largest absolute Gasteiger partial charge is 0.497 e. The number of ether oxygens (including phenoxy) is 2. The first kappa shape index (κ1) is 18.9. The van der Waals surface area contributed by atoms with Crippen molar-refractivity contribution in [3.05, 3.63) is 65.8 Å². The molecule has 26 heavy (non-hydrogen) atoms. The molecule has 0 radical (unpaired) electrons. The molecule has 2 rings (SSSR count). The lowest BCUT2D eigenvalue weighted by molar-refractivity contribution is -0.116. The first-order valence-electron chi connectivity index (χ1n) is 7.87. The van der Waals surface area contributed by atoms with Crippen LogP contribution in [0.4, 0.5) is 4.79 Å². The predicted octanol–water partition coefficient (Wildman–Crippen LogP) is 2.24. The highest BCUT2D eigenvalue weighted by Crippen LogP contribution is 2.11. The standard InChI is InChI=1S/C18H21N3O5/c1-13(10-17(22)19-11-16-4-3-9-25-16)20-21-18(23)26-12-14-5-7-15(24-2)8-6-14/h3-10,20H,11-12H2,1-2H3,(H,19,22)(H,21,23)/b13-10+. The summed E-state index contributed by atoms with van der Waals surface area (Å²) in [4.78, 5) is 23.4. The number of hydrazine groups is 1. The minimum atomic E-state index is -0.662. The van der Waals surface area contributed by atoms with Gasteiger partial charge in [-0.2, -0.15) is 0 Å². The third kappa shape index (κ3) is 6.60. The molecule has 0 aliphatic rings. The van der Waals surface area contributed by atoms with Gasteiger partial charge in [0.25, 0.3) is 0 Å². The van der Waals surface area contributed by atoms with E-state index in [1.807, 2.05) is 0 Å². The van der Waals surface area contributed by atoms with Crippen molar-refractivity contribution in [2.75, 3.05) is 7.11 Å². The molecule has 0 saturated carbocycles. The molecule has 2 aromatic rings. The summed E-state index contributed by atoms with van der Waals surface area (Å²) in [6, 6.07) is 10.7. The Morgan fingerprint density at radius 1 is 1.15 bits per heavy atom. The Hall–Kier alpha value is -3.42. The summed E-state index contributed by atoms with van der Waals surface area (Å²) in [5, 5.41) is 2.66. The molecular weight excluding hydrogens is 338 g/mol. The summed E-state index contributed by atoms with van der Waals surface area (Å²) in [6.07, 6.45) is 2.18. The number of carbonyl (C=O) groups is 2. The summed E-state index contributed by atoms with van der Waals surface area (Å²) in [6.45, 7) is 2.03. The molecule has 1 aromatic carbocycles. The molecule has 0 atom stereocenters. The van der Waals surface area contributed by atoms with Crippen LogP contribution in [0.25, 0.3) is 0 Å². The van der Waals surface area contributed by atoms with Crippen molar-refractivity contribution >= 4 is 12.0 Å². The van der Waals surface area contributed by atoms with Gasteiger partial charge < -0.3 is 24.6 Å². The van der Waals surface area contributed by atoms with Crippen LogP contribution in [0.15, 0.2) is 58.9 Å². The predicted molar refractivity (Wildman–Crippen MR) is 93.8 cm³/mol. The van der Waals surface area contributed by atoms with Gasteiger partial charge in [-0.1, -0.05) is 12.1 Å². The third-order valence-electron chi connectivity index (χ3n) is 3.26. The van der Waals surface area contributed by atoms with E-state index in [2.05, 4.69) is 16.2 Å². The fourth-order valence-electron chi connectivity index (χ4n) is 1.93. The Labute approximate surface area is 151 Å². The van der Waals surface area contributed by atoms with Crippen LogP contribution in [-0.4, -0.2) is 19.1 Å². The Morgan fingerprint density at radius 2 is 1.92 bits per heavy atom. The molecule has 0 aliphatic heterocycles. The molecule has 1 heterocycles. The number of furan rings is 1. The fraction of sp³-hybridized carbons (Fsp3) is 0.222. The van der Waals surface area contributed by atoms with E-state index in [9.17, 15) is 9.59 Å². The second kappa shape index (κ2) is 9.77. The van der Waals surface area contributed by atoms with Crippen LogP contribution in [-0.2, 0) is 22.7 Å². The Kier molecular flexibility index (Phi) is 7.11. The monoisotopic (exact) mass is 359 g/mol.